The number of aromatic nitrogens is 4. The van der Waals surface area contributed by atoms with Crippen molar-refractivity contribution in [3.63, 3.8) is 0 Å². The predicted molar refractivity (Wildman–Crippen MR) is 85.4 cm³/mol. The van der Waals surface area contributed by atoms with Crippen LogP contribution in [-0.2, 0) is 6.42 Å². The monoisotopic (exact) mass is 334 g/mol. The van der Waals surface area contributed by atoms with Crippen LogP contribution in [0.4, 0.5) is 0 Å². The summed E-state index contributed by atoms with van der Waals surface area (Å²) < 4.78 is 5.39. The van der Waals surface area contributed by atoms with Crippen molar-refractivity contribution < 1.29 is 4.74 Å². The molecule has 0 saturated carbocycles. The molecule has 5 nitrogen and oxygen atoms in total. The van der Waals surface area contributed by atoms with Gasteiger partial charge in [0.05, 0.1) is 17.2 Å². The van der Waals surface area contributed by atoms with Crippen molar-refractivity contribution in [1.82, 2.24) is 20.6 Å². The first-order valence-electron chi connectivity index (χ1n) is 6.52. The number of benzene rings is 2. The van der Waals surface area contributed by atoms with E-state index in [1.807, 2.05) is 30.3 Å². The zero-order valence-electron chi connectivity index (χ0n) is 11.7. The van der Waals surface area contributed by atoms with E-state index in [-0.39, 0.29) is 0 Å². The van der Waals surface area contributed by atoms with E-state index in [2.05, 4.69) is 20.6 Å². The van der Waals surface area contributed by atoms with Crippen LogP contribution in [0, 0.1) is 0 Å². The van der Waals surface area contributed by atoms with Crippen molar-refractivity contribution in [2.24, 2.45) is 0 Å². The second-order valence-corrected chi connectivity index (χ2v) is 5.47. The first-order valence-corrected chi connectivity index (χ1v) is 7.27. The smallest absolute Gasteiger partial charge is 0.179 e. The Bertz CT molecular complexity index is 790. The molecule has 0 aliphatic rings. The van der Waals surface area contributed by atoms with E-state index in [1.165, 1.54) is 0 Å². The van der Waals surface area contributed by atoms with Crippen molar-refractivity contribution in [3.05, 3.63) is 57.8 Å². The van der Waals surface area contributed by atoms with Gasteiger partial charge in [0.2, 0.25) is 0 Å². The molecular weight excluding hydrogens is 323 g/mol. The summed E-state index contributed by atoms with van der Waals surface area (Å²) in [5.74, 6) is 1.37. The Morgan fingerprint density at radius 3 is 2.50 bits per heavy atom. The van der Waals surface area contributed by atoms with Crippen molar-refractivity contribution in [1.29, 1.82) is 0 Å². The summed E-state index contributed by atoms with van der Waals surface area (Å²) in [6, 6.07) is 11.4. The van der Waals surface area contributed by atoms with Gasteiger partial charge in [-0.3, -0.25) is 0 Å². The molecule has 2 aromatic carbocycles. The van der Waals surface area contributed by atoms with Gasteiger partial charge in [0, 0.05) is 12.0 Å². The van der Waals surface area contributed by atoms with E-state index < -0.39 is 0 Å². The molecule has 7 heteroatoms. The lowest BCUT2D eigenvalue weighted by Crippen LogP contribution is -1.96. The molecule has 0 unspecified atom stereocenters. The van der Waals surface area contributed by atoms with Crippen LogP contribution in [0.1, 0.15) is 11.4 Å². The molecular formula is C15H12Cl2N4O. The Hall–Kier alpha value is -2.11. The molecule has 3 aromatic rings. The maximum atomic E-state index is 6.09. The fourth-order valence-electron chi connectivity index (χ4n) is 2.20. The third-order valence-electron chi connectivity index (χ3n) is 3.27. The molecule has 0 aliphatic heterocycles. The van der Waals surface area contributed by atoms with Crippen LogP contribution in [-0.4, -0.2) is 27.7 Å². The van der Waals surface area contributed by atoms with Crippen LogP contribution in [0.3, 0.4) is 0 Å². The van der Waals surface area contributed by atoms with Crippen molar-refractivity contribution in [2.75, 3.05) is 7.11 Å². The highest BCUT2D eigenvalue weighted by Crippen LogP contribution is 2.31. The van der Waals surface area contributed by atoms with Gasteiger partial charge in [0.1, 0.15) is 5.75 Å². The first-order chi connectivity index (χ1) is 10.7. The molecule has 1 N–H and O–H groups in total. The zero-order chi connectivity index (χ0) is 15.5. The standard InChI is InChI=1S/C15H12Cl2N4O/c1-22-14-5-3-9(10-2-4-12(16)13(17)7-10)6-11(14)8-15-18-20-21-19-15/h2-7H,8H2,1H3,(H,18,19,20,21). The van der Waals surface area contributed by atoms with Crippen LogP contribution in [0.5, 0.6) is 5.75 Å². The molecule has 0 aliphatic carbocycles. The summed E-state index contributed by atoms with van der Waals surface area (Å²) in [5.41, 5.74) is 2.96. The average molecular weight is 335 g/mol. The quantitative estimate of drug-likeness (QED) is 0.788. The predicted octanol–water partition coefficient (Wildman–Crippen LogP) is 3.77. The third-order valence-corrected chi connectivity index (χ3v) is 4.01. The van der Waals surface area contributed by atoms with Crippen LogP contribution in [0.2, 0.25) is 10.0 Å². The highest BCUT2D eigenvalue weighted by molar-refractivity contribution is 6.42. The lowest BCUT2D eigenvalue weighted by Gasteiger charge is -2.10. The third kappa shape index (κ3) is 3.05. The number of tetrazole rings is 1. The van der Waals surface area contributed by atoms with E-state index in [0.29, 0.717) is 22.3 Å². The second-order valence-electron chi connectivity index (χ2n) is 4.66. The molecule has 0 saturated heterocycles. The topological polar surface area (TPSA) is 63.7 Å². The number of aromatic amines is 1. The highest BCUT2D eigenvalue weighted by Gasteiger charge is 2.10. The minimum absolute atomic E-state index is 0.523. The van der Waals surface area contributed by atoms with Crippen LogP contribution in [0.15, 0.2) is 36.4 Å². The average Bonchev–Trinajstić information content (AvgIpc) is 3.03. The summed E-state index contributed by atoms with van der Waals surface area (Å²) >= 11 is 12.1. The van der Waals surface area contributed by atoms with Crippen LogP contribution >= 0.6 is 23.2 Å². The molecule has 1 aromatic heterocycles. The summed E-state index contributed by atoms with van der Waals surface area (Å²) in [7, 11) is 1.63. The van der Waals surface area contributed by atoms with Crippen molar-refractivity contribution in [2.45, 2.75) is 6.42 Å². The number of hydrogen-bond donors (Lipinski definition) is 1. The van der Waals surface area contributed by atoms with Crippen molar-refractivity contribution >= 4 is 23.2 Å². The molecule has 0 spiro atoms. The highest BCUT2D eigenvalue weighted by atomic mass is 35.5. The molecule has 0 amide bonds. The summed E-state index contributed by atoms with van der Waals surface area (Å²) in [5, 5.41) is 15.0. The van der Waals surface area contributed by atoms with Gasteiger partial charge in [-0.1, -0.05) is 40.5 Å². The second kappa shape index (κ2) is 6.34. The number of hydrogen-bond acceptors (Lipinski definition) is 4. The SMILES string of the molecule is COc1ccc(-c2ccc(Cl)c(Cl)c2)cc1Cc1nn[nH]n1. The first kappa shape index (κ1) is 14.8. The molecule has 22 heavy (non-hydrogen) atoms. The van der Waals surface area contributed by atoms with Gasteiger partial charge in [-0.05, 0) is 35.4 Å². The van der Waals surface area contributed by atoms with Gasteiger partial charge >= 0.3 is 0 Å². The van der Waals surface area contributed by atoms with Crippen LogP contribution in [0.25, 0.3) is 11.1 Å². The molecule has 0 bridgehead atoms. The fraction of sp³-hybridized carbons (Fsp3) is 0.133. The molecule has 1 heterocycles. The Morgan fingerprint density at radius 2 is 1.82 bits per heavy atom. The molecule has 3 rings (SSSR count). The summed E-state index contributed by atoms with van der Waals surface area (Å²) in [6.45, 7) is 0. The Kier molecular flexibility index (Phi) is 4.27. The maximum Gasteiger partial charge on any atom is 0.179 e. The molecule has 0 radical (unpaired) electrons. The Labute approximate surface area is 137 Å². The molecule has 0 fully saturated rings. The van der Waals surface area contributed by atoms with E-state index in [0.717, 1.165) is 22.4 Å². The Morgan fingerprint density at radius 1 is 1.05 bits per heavy atom. The number of halogens is 2. The largest absolute Gasteiger partial charge is 0.496 e. The molecule has 0 atom stereocenters. The van der Waals surface area contributed by atoms with E-state index in [1.54, 1.807) is 13.2 Å². The number of ether oxygens (including phenoxy) is 1. The van der Waals surface area contributed by atoms with Gasteiger partial charge in [0.15, 0.2) is 5.82 Å². The van der Waals surface area contributed by atoms with Gasteiger partial charge in [0.25, 0.3) is 0 Å². The molecule has 112 valence electrons. The van der Waals surface area contributed by atoms with Crippen molar-refractivity contribution in [3.8, 4) is 16.9 Å². The van der Waals surface area contributed by atoms with Gasteiger partial charge < -0.3 is 4.74 Å². The van der Waals surface area contributed by atoms with Gasteiger partial charge in [-0.15, -0.1) is 10.2 Å². The number of rotatable bonds is 4. The van der Waals surface area contributed by atoms with Crippen LogP contribution < -0.4 is 4.74 Å². The number of nitrogens with one attached hydrogen (secondary N) is 1. The number of H-pyrrole nitrogens is 1. The minimum atomic E-state index is 0.523. The van der Waals surface area contributed by atoms with E-state index >= 15 is 0 Å². The van der Waals surface area contributed by atoms with E-state index in [4.69, 9.17) is 27.9 Å². The van der Waals surface area contributed by atoms with Gasteiger partial charge in [-0.2, -0.15) is 5.21 Å². The lowest BCUT2D eigenvalue weighted by atomic mass is 10.0. The zero-order valence-corrected chi connectivity index (χ0v) is 13.2. The fourth-order valence-corrected chi connectivity index (χ4v) is 2.50. The normalized spacial score (nSPS) is 10.7. The summed E-state index contributed by atoms with van der Waals surface area (Å²) in [6.07, 6.45) is 0.523. The lowest BCUT2D eigenvalue weighted by molar-refractivity contribution is 0.410. The number of nitrogens with zero attached hydrogens (tertiary/aromatic N) is 3. The Balaban J connectivity index is 2.00. The minimum Gasteiger partial charge on any atom is -0.496 e. The van der Waals surface area contributed by atoms with Gasteiger partial charge in [-0.25, -0.2) is 0 Å². The number of methoxy groups -OCH3 is 1. The summed E-state index contributed by atoms with van der Waals surface area (Å²) in [4.78, 5) is 0. The maximum absolute atomic E-state index is 6.09. The van der Waals surface area contributed by atoms with E-state index in [9.17, 15) is 0 Å².